The number of allylic oxidation sites excluding steroid dienone is 1. The second-order valence-corrected chi connectivity index (χ2v) is 3.92. The van der Waals surface area contributed by atoms with E-state index in [-0.39, 0.29) is 17.5 Å². The number of aromatic hydroxyl groups is 1. The van der Waals surface area contributed by atoms with Gasteiger partial charge in [0.15, 0.2) is 11.6 Å². The van der Waals surface area contributed by atoms with Gasteiger partial charge in [0.2, 0.25) is 5.91 Å². The first kappa shape index (κ1) is 13.5. The Morgan fingerprint density at radius 1 is 1.30 bits per heavy atom. The molecule has 2 rings (SSSR count). The number of hydrogen-bond donors (Lipinski definition) is 3. The fourth-order valence-corrected chi connectivity index (χ4v) is 1.57. The lowest BCUT2D eigenvalue weighted by atomic mass is 10.2. The van der Waals surface area contributed by atoms with E-state index in [0.717, 1.165) is 0 Å². The number of anilines is 3. The molecule has 0 aliphatic heterocycles. The van der Waals surface area contributed by atoms with E-state index in [9.17, 15) is 9.90 Å². The molecular formula is C14H14N4O2. The van der Waals surface area contributed by atoms with Crippen LogP contribution in [0.2, 0.25) is 0 Å². The molecule has 6 nitrogen and oxygen atoms in total. The van der Waals surface area contributed by atoms with Gasteiger partial charge < -0.3 is 15.7 Å². The summed E-state index contributed by atoms with van der Waals surface area (Å²) < 4.78 is 0. The Bertz CT molecular complexity index is 641. The molecule has 0 radical (unpaired) electrons. The molecule has 1 heterocycles. The van der Waals surface area contributed by atoms with Crippen molar-refractivity contribution in [2.45, 2.75) is 6.92 Å². The maximum absolute atomic E-state index is 11.6. The van der Waals surface area contributed by atoms with E-state index in [4.69, 9.17) is 0 Å². The van der Waals surface area contributed by atoms with Crippen LogP contribution in [0, 0.1) is 0 Å². The number of hydrogen-bond acceptors (Lipinski definition) is 5. The van der Waals surface area contributed by atoms with Crippen LogP contribution in [-0.4, -0.2) is 21.0 Å². The Balaban J connectivity index is 2.24. The van der Waals surface area contributed by atoms with Gasteiger partial charge in [-0.1, -0.05) is 18.2 Å². The molecule has 1 aromatic carbocycles. The molecule has 0 aliphatic carbocycles. The van der Waals surface area contributed by atoms with Crippen LogP contribution < -0.4 is 10.6 Å². The summed E-state index contributed by atoms with van der Waals surface area (Å²) >= 11 is 0. The van der Waals surface area contributed by atoms with E-state index in [1.807, 2.05) is 6.07 Å². The topological polar surface area (TPSA) is 87.1 Å². The predicted octanol–water partition coefficient (Wildman–Crippen LogP) is 2.44. The molecule has 0 unspecified atom stereocenters. The lowest BCUT2D eigenvalue weighted by Gasteiger charge is -2.12. The highest BCUT2D eigenvalue weighted by molar-refractivity contribution is 6.01. The first-order chi connectivity index (χ1) is 9.70. The highest BCUT2D eigenvalue weighted by atomic mass is 16.3. The number of aromatic nitrogens is 2. The zero-order valence-corrected chi connectivity index (χ0v) is 10.9. The standard InChI is InChI=1S/C14H14N4O2/c1-2-5-13(20)17-10-6-3-4-7-11(10)18-14-12(19)8-15-9-16-14/h2-9,19H,1H3,(H,17,20)(H,15,16,18)/b5-2+. The van der Waals surface area contributed by atoms with E-state index in [1.165, 1.54) is 18.6 Å². The Labute approximate surface area is 116 Å². The van der Waals surface area contributed by atoms with Crippen LogP contribution in [0.4, 0.5) is 17.2 Å². The number of amides is 1. The van der Waals surface area contributed by atoms with Gasteiger partial charge in [-0.15, -0.1) is 0 Å². The third-order valence-electron chi connectivity index (χ3n) is 2.45. The molecule has 0 aliphatic rings. The van der Waals surface area contributed by atoms with Crippen molar-refractivity contribution < 1.29 is 9.90 Å². The number of rotatable bonds is 4. The Morgan fingerprint density at radius 2 is 2.05 bits per heavy atom. The normalized spacial score (nSPS) is 10.4. The van der Waals surface area contributed by atoms with E-state index in [0.29, 0.717) is 11.4 Å². The van der Waals surface area contributed by atoms with E-state index in [2.05, 4.69) is 20.6 Å². The summed E-state index contributed by atoms with van der Waals surface area (Å²) in [6.45, 7) is 1.77. The van der Waals surface area contributed by atoms with E-state index >= 15 is 0 Å². The third kappa shape index (κ3) is 3.32. The average molecular weight is 270 g/mol. The Hall–Kier alpha value is -2.89. The monoisotopic (exact) mass is 270 g/mol. The Morgan fingerprint density at radius 3 is 2.75 bits per heavy atom. The van der Waals surface area contributed by atoms with Crippen LogP contribution in [0.3, 0.4) is 0 Å². The quantitative estimate of drug-likeness (QED) is 0.743. The molecule has 3 N–H and O–H groups in total. The molecule has 20 heavy (non-hydrogen) atoms. The van der Waals surface area contributed by atoms with Crippen LogP contribution >= 0.6 is 0 Å². The van der Waals surface area contributed by atoms with Crippen LogP contribution in [0.1, 0.15) is 6.92 Å². The van der Waals surface area contributed by atoms with Crippen molar-refractivity contribution in [3.63, 3.8) is 0 Å². The van der Waals surface area contributed by atoms with Gasteiger partial charge in [0.25, 0.3) is 0 Å². The highest BCUT2D eigenvalue weighted by Crippen LogP contribution is 2.27. The summed E-state index contributed by atoms with van der Waals surface area (Å²) in [6, 6.07) is 7.14. The molecule has 102 valence electrons. The van der Waals surface area contributed by atoms with Crippen LogP contribution in [-0.2, 0) is 4.79 Å². The minimum absolute atomic E-state index is 0.0675. The molecule has 0 saturated heterocycles. The summed E-state index contributed by atoms with van der Waals surface area (Å²) in [5, 5.41) is 15.3. The van der Waals surface area contributed by atoms with Gasteiger partial charge in [-0.3, -0.25) is 4.79 Å². The fourth-order valence-electron chi connectivity index (χ4n) is 1.57. The van der Waals surface area contributed by atoms with Crippen molar-refractivity contribution in [3.05, 3.63) is 48.9 Å². The smallest absolute Gasteiger partial charge is 0.248 e. The van der Waals surface area contributed by atoms with Crippen molar-refractivity contribution in [2.75, 3.05) is 10.6 Å². The fraction of sp³-hybridized carbons (Fsp3) is 0.0714. The molecule has 0 bridgehead atoms. The number of para-hydroxylation sites is 2. The second kappa shape index (κ2) is 6.33. The van der Waals surface area contributed by atoms with Gasteiger partial charge in [-0.2, -0.15) is 0 Å². The zero-order chi connectivity index (χ0) is 14.4. The van der Waals surface area contributed by atoms with Gasteiger partial charge in [-0.25, -0.2) is 9.97 Å². The van der Waals surface area contributed by atoms with Crippen LogP contribution in [0.5, 0.6) is 5.75 Å². The summed E-state index contributed by atoms with van der Waals surface area (Å²) in [4.78, 5) is 19.2. The van der Waals surface area contributed by atoms with Gasteiger partial charge >= 0.3 is 0 Å². The van der Waals surface area contributed by atoms with Gasteiger partial charge in [0.05, 0.1) is 17.6 Å². The number of carbonyl (C=O) groups is 1. The summed E-state index contributed by atoms with van der Waals surface area (Å²) in [7, 11) is 0. The lowest BCUT2D eigenvalue weighted by Crippen LogP contribution is -2.09. The van der Waals surface area contributed by atoms with Crippen molar-refractivity contribution in [2.24, 2.45) is 0 Å². The Kier molecular flexibility index (Phi) is 4.28. The molecule has 1 aromatic heterocycles. The minimum Gasteiger partial charge on any atom is -0.503 e. The van der Waals surface area contributed by atoms with Gasteiger partial charge in [0.1, 0.15) is 6.33 Å². The highest BCUT2D eigenvalue weighted by Gasteiger charge is 2.07. The number of carbonyl (C=O) groups excluding carboxylic acids is 1. The first-order valence-electron chi connectivity index (χ1n) is 5.99. The SMILES string of the molecule is C/C=C/C(=O)Nc1ccccc1Nc1ncncc1O. The van der Waals surface area contributed by atoms with E-state index < -0.39 is 0 Å². The average Bonchev–Trinajstić information content (AvgIpc) is 2.44. The molecule has 1 amide bonds. The third-order valence-corrected chi connectivity index (χ3v) is 2.45. The lowest BCUT2D eigenvalue weighted by molar-refractivity contribution is -0.111. The largest absolute Gasteiger partial charge is 0.503 e. The second-order valence-electron chi connectivity index (χ2n) is 3.92. The zero-order valence-electron chi connectivity index (χ0n) is 10.9. The van der Waals surface area contributed by atoms with Gasteiger partial charge in [-0.05, 0) is 25.1 Å². The van der Waals surface area contributed by atoms with Crippen molar-refractivity contribution in [1.82, 2.24) is 9.97 Å². The summed E-state index contributed by atoms with van der Waals surface area (Å²) in [5.74, 6) is -0.0246. The molecular weight excluding hydrogens is 256 g/mol. The first-order valence-corrected chi connectivity index (χ1v) is 5.99. The van der Waals surface area contributed by atoms with Crippen LogP contribution in [0.15, 0.2) is 48.9 Å². The maximum atomic E-state index is 11.6. The van der Waals surface area contributed by atoms with Crippen molar-refractivity contribution in [3.8, 4) is 5.75 Å². The molecule has 6 heteroatoms. The minimum atomic E-state index is -0.228. The number of nitrogens with zero attached hydrogens (tertiary/aromatic N) is 2. The molecule has 0 saturated carbocycles. The molecule has 2 aromatic rings. The predicted molar refractivity (Wildman–Crippen MR) is 76.9 cm³/mol. The number of nitrogens with one attached hydrogen (secondary N) is 2. The molecule has 0 spiro atoms. The molecule has 0 atom stereocenters. The summed E-state index contributed by atoms with van der Waals surface area (Å²) in [6.07, 6.45) is 5.69. The maximum Gasteiger partial charge on any atom is 0.248 e. The van der Waals surface area contributed by atoms with Crippen molar-refractivity contribution >= 4 is 23.1 Å². The van der Waals surface area contributed by atoms with E-state index in [1.54, 1.807) is 31.2 Å². The summed E-state index contributed by atoms with van der Waals surface area (Å²) in [5.41, 5.74) is 1.22. The van der Waals surface area contributed by atoms with Crippen LogP contribution in [0.25, 0.3) is 0 Å². The van der Waals surface area contributed by atoms with Crippen molar-refractivity contribution in [1.29, 1.82) is 0 Å². The molecule has 0 fully saturated rings. The number of benzene rings is 1. The van der Waals surface area contributed by atoms with Gasteiger partial charge in [0, 0.05) is 0 Å².